The van der Waals surface area contributed by atoms with Gasteiger partial charge >= 0.3 is 0 Å². The molecule has 1 aromatic carbocycles. The Hall–Kier alpha value is -1.06. The molecule has 2 aliphatic heterocycles. The second-order valence-electron chi connectivity index (χ2n) is 6.06. The zero-order valence-corrected chi connectivity index (χ0v) is 11.9. The first-order valence-corrected chi connectivity index (χ1v) is 7.44. The van der Waals surface area contributed by atoms with Gasteiger partial charge in [0, 0.05) is 30.9 Å². The Balaban J connectivity index is 1.77. The maximum absolute atomic E-state index is 9.58. The molecule has 3 heteroatoms. The summed E-state index contributed by atoms with van der Waals surface area (Å²) >= 11 is 0. The molecule has 0 aromatic heterocycles. The summed E-state index contributed by atoms with van der Waals surface area (Å²) in [6, 6.07) is 9.73. The van der Waals surface area contributed by atoms with Gasteiger partial charge in [-0.25, -0.2) is 0 Å². The van der Waals surface area contributed by atoms with E-state index >= 15 is 0 Å². The standard InChI is InChI=1S/C16H24N2O/c1-12-10-17-9-3-4-16(17)11-18(12)15-7-5-14(6-8-15)13(2)19/h5-8,12-13,16,19H,3-4,9-11H2,1-2H3/t12?,13-,16?/m1/s1. The molecule has 2 heterocycles. The molecule has 0 amide bonds. The Labute approximate surface area is 115 Å². The summed E-state index contributed by atoms with van der Waals surface area (Å²) in [4.78, 5) is 5.17. The third-order valence-electron chi connectivity index (χ3n) is 4.64. The van der Waals surface area contributed by atoms with Gasteiger partial charge < -0.3 is 10.0 Å². The van der Waals surface area contributed by atoms with Crippen LogP contribution in [0.5, 0.6) is 0 Å². The normalized spacial score (nSPS) is 29.3. The van der Waals surface area contributed by atoms with Crippen molar-refractivity contribution in [3.05, 3.63) is 29.8 Å². The third-order valence-corrected chi connectivity index (χ3v) is 4.64. The van der Waals surface area contributed by atoms with E-state index in [1.165, 1.54) is 31.6 Å². The number of nitrogens with zero attached hydrogens (tertiary/aromatic N) is 2. The Morgan fingerprint density at radius 3 is 2.63 bits per heavy atom. The van der Waals surface area contributed by atoms with Gasteiger partial charge in [-0.2, -0.15) is 0 Å². The van der Waals surface area contributed by atoms with Crippen molar-refractivity contribution in [2.45, 2.75) is 44.9 Å². The van der Waals surface area contributed by atoms with E-state index in [0.717, 1.165) is 18.2 Å². The van der Waals surface area contributed by atoms with E-state index in [4.69, 9.17) is 0 Å². The van der Waals surface area contributed by atoms with Crippen molar-refractivity contribution < 1.29 is 5.11 Å². The monoisotopic (exact) mass is 260 g/mol. The lowest BCUT2D eigenvalue weighted by Gasteiger charge is -2.43. The molecular weight excluding hydrogens is 236 g/mol. The average Bonchev–Trinajstić information content (AvgIpc) is 2.85. The van der Waals surface area contributed by atoms with Crippen LogP contribution in [0.25, 0.3) is 0 Å². The zero-order chi connectivity index (χ0) is 13.4. The molecule has 1 N–H and O–H groups in total. The summed E-state index contributed by atoms with van der Waals surface area (Å²) in [6.45, 7) is 7.74. The van der Waals surface area contributed by atoms with Crippen LogP contribution in [0.3, 0.4) is 0 Å². The number of rotatable bonds is 2. The molecule has 2 unspecified atom stereocenters. The molecule has 0 saturated carbocycles. The Bertz CT molecular complexity index is 429. The van der Waals surface area contributed by atoms with Gasteiger partial charge in [0.1, 0.15) is 0 Å². The van der Waals surface area contributed by atoms with Crippen LogP contribution in [0.1, 0.15) is 38.4 Å². The van der Waals surface area contributed by atoms with E-state index in [2.05, 4.69) is 28.9 Å². The predicted molar refractivity (Wildman–Crippen MR) is 78.5 cm³/mol. The lowest BCUT2D eigenvalue weighted by Crippen LogP contribution is -2.55. The summed E-state index contributed by atoms with van der Waals surface area (Å²) < 4.78 is 0. The molecule has 2 saturated heterocycles. The molecule has 2 fully saturated rings. The second kappa shape index (κ2) is 5.14. The summed E-state index contributed by atoms with van der Waals surface area (Å²) in [7, 11) is 0. The molecular formula is C16H24N2O. The molecule has 3 nitrogen and oxygen atoms in total. The fraction of sp³-hybridized carbons (Fsp3) is 0.625. The van der Waals surface area contributed by atoms with Crippen LogP contribution < -0.4 is 4.90 Å². The Morgan fingerprint density at radius 1 is 1.21 bits per heavy atom. The van der Waals surface area contributed by atoms with Crippen molar-refractivity contribution in [1.82, 2.24) is 4.90 Å². The number of piperazine rings is 1. The molecule has 19 heavy (non-hydrogen) atoms. The first kappa shape index (κ1) is 12.9. The molecule has 104 valence electrons. The maximum atomic E-state index is 9.58. The van der Waals surface area contributed by atoms with Crippen LogP contribution in [-0.4, -0.2) is 41.7 Å². The molecule has 2 aliphatic rings. The van der Waals surface area contributed by atoms with E-state index < -0.39 is 0 Å². The van der Waals surface area contributed by atoms with Crippen LogP contribution in [0, 0.1) is 0 Å². The number of anilines is 1. The SMILES string of the molecule is CC1CN2CCCC2CN1c1ccc([C@@H](C)O)cc1. The molecule has 0 radical (unpaired) electrons. The highest BCUT2D eigenvalue weighted by Crippen LogP contribution is 2.29. The molecule has 3 atom stereocenters. The average molecular weight is 260 g/mol. The predicted octanol–water partition coefficient (Wildman–Crippen LogP) is 2.41. The summed E-state index contributed by atoms with van der Waals surface area (Å²) in [5.41, 5.74) is 2.29. The van der Waals surface area contributed by atoms with Gasteiger partial charge in [0.05, 0.1) is 6.10 Å². The first-order valence-electron chi connectivity index (χ1n) is 7.44. The molecule has 3 rings (SSSR count). The van der Waals surface area contributed by atoms with E-state index in [1.54, 1.807) is 0 Å². The number of hydrogen-bond donors (Lipinski definition) is 1. The zero-order valence-electron chi connectivity index (χ0n) is 11.9. The Morgan fingerprint density at radius 2 is 1.95 bits per heavy atom. The van der Waals surface area contributed by atoms with Crippen molar-refractivity contribution in [2.75, 3.05) is 24.5 Å². The van der Waals surface area contributed by atoms with Gasteiger partial charge in [-0.1, -0.05) is 12.1 Å². The molecule has 0 aliphatic carbocycles. The van der Waals surface area contributed by atoms with Crippen LogP contribution >= 0.6 is 0 Å². The number of aliphatic hydroxyl groups is 1. The minimum absolute atomic E-state index is 0.377. The van der Waals surface area contributed by atoms with Gasteiger partial charge in [-0.3, -0.25) is 4.90 Å². The van der Waals surface area contributed by atoms with Gasteiger partial charge in [-0.05, 0) is 50.9 Å². The van der Waals surface area contributed by atoms with E-state index in [1.807, 2.05) is 19.1 Å². The van der Waals surface area contributed by atoms with Crippen molar-refractivity contribution >= 4 is 5.69 Å². The van der Waals surface area contributed by atoms with Crippen LogP contribution in [0.15, 0.2) is 24.3 Å². The molecule has 1 aromatic rings. The maximum Gasteiger partial charge on any atom is 0.0761 e. The highest BCUT2D eigenvalue weighted by Gasteiger charge is 2.34. The number of hydrogen-bond acceptors (Lipinski definition) is 3. The summed E-state index contributed by atoms with van der Waals surface area (Å²) in [6.07, 6.45) is 2.32. The molecule has 0 bridgehead atoms. The minimum Gasteiger partial charge on any atom is -0.389 e. The quantitative estimate of drug-likeness (QED) is 0.884. The second-order valence-corrected chi connectivity index (χ2v) is 6.06. The van der Waals surface area contributed by atoms with E-state index in [-0.39, 0.29) is 6.10 Å². The van der Waals surface area contributed by atoms with Gasteiger partial charge in [0.25, 0.3) is 0 Å². The van der Waals surface area contributed by atoms with Crippen molar-refractivity contribution in [3.63, 3.8) is 0 Å². The topological polar surface area (TPSA) is 26.7 Å². The molecule has 0 spiro atoms. The number of benzene rings is 1. The summed E-state index contributed by atoms with van der Waals surface area (Å²) in [5.74, 6) is 0. The van der Waals surface area contributed by atoms with Crippen molar-refractivity contribution in [1.29, 1.82) is 0 Å². The lowest BCUT2D eigenvalue weighted by molar-refractivity contribution is 0.199. The smallest absolute Gasteiger partial charge is 0.0761 e. The van der Waals surface area contributed by atoms with Crippen molar-refractivity contribution in [3.8, 4) is 0 Å². The van der Waals surface area contributed by atoms with E-state index in [0.29, 0.717) is 6.04 Å². The number of aliphatic hydroxyl groups excluding tert-OH is 1. The number of fused-ring (bicyclic) bond motifs is 1. The highest BCUT2D eigenvalue weighted by molar-refractivity contribution is 5.49. The minimum atomic E-state index is -0.377. The first-order chi connectivity index (χ1) is 9.15. The Kier molecular flexibility index (Phi) is 3.50. The fourth-order valence-corrected chi connectivity index (χ4v) is 3.49. The van der Waals surface area contributed by atoms with Gasteiger partial charge in [0.2, 0.25) is 0 Å². The third kappa shape index (κ3) is 2.49. The highest BCUT2D eigenvalue weighted by atomic mass is 16.3. The van der Waals surface area contributed by atoms with Gasteiger partial charge in [-0.15, -0.1) is 0 Å². The van der Waals surface area contributed by atoms with Gasteiger partial charge in [0.15, 0.2) is 0 Å². The van der Waals surface area contributed by atoms with Crippen molar-refractivity contribution in [2.24, 2.45) is 0 Å². The van der Waals surface area contributed by atoms with Crippen LogP contribution in [0.2, 0.25) is 0 Å². The lowest BCUT2D eigenvalue weighted by atomic mass is 10.1. The van der Waals surface area contributed by atoms with E-state index in [9.17, 15) is 5.11 Å². The fourth-order valence-electron chi connectivity index (χ4n) is 3.49. The summed E-state index contributed by atoms with van der Waals surface area (Å²) in [5, 5.41) is 9.58. The van der Waals surface area contributed by atoms with Crippen LogP contribution in [0.4, 0.5) is 5.69 Å². The van der Waals surface area contributed by atoms with Crippen LogP contribution in [-0.2, 0) is 0 Å². The largest absolute Gasteiger partial charge is 0.389 e.